The summed E-state index contributed by atoms with van der Waals surface area (Å²) in [6.07, 6.45) is 3.05. The Kier molecular flexibility index (Phi) is 3.88. The highest BCUT2D eigenvalue weighted by atomic mass is 35.5. The lowest BCUT2D eigenvalue weighted by Gasteiger charge is -2.00. The van der Waals surface area contributed by atoms with E-state index in [-0.39, 0.29) is 17.3 Å². The molecular formula is C15H11ClO3. The van der Waals surface area contributed by atoms with Gasteiger partial charge in [0.15, 0.2) is 17.3 Å². The first-order valence-corrected chi connectivity index (χ1v) is 5.94. The van der Waals surface area contributed by atoms with Gasteiger partial charge in [-0.2, -0.15) is 0 Å². The van der Waals surface area contributed by atoms with Crippen molar-refractivity contribution in [3.8, 4) is 11.5 Å². The Labute approximate surface area is 115 Å². The van der Waals surface area contributed by atoms with Crippen LogP contribution in [0.25, 0.3) is 6.08 Å². The smallest absolute Gasteiger partial charge is 0.185 e. The Morgan fingerprint density at radius 1 is 1.00 bits per heavy atom. The van der Waals surface area contributed by atoms with Crippen LogP contribution in [-0.2, 0) is 0 Å². The zero-order valence-electron chi connectivity index (χ0n) is 9.88. The Morgan fingerprint density at radius 3 is 2.32 bits per heavy atom. The van der Waals surface area contributed by atoms with Gasteiger partial charge in [0.1, 0.15) is 0 Å². The summed E-state index contributed by atoms with van der Waals surface area (Å²) in [4.78, 5) is 11.8. The first-order valence-electron chi connectivity index (χ1n) is 5.56. The molecule has 0 amide bonds. The lowest BCUT2D eigenvalue weighted by molar-refractivity contribution is 0.104. The van der Waals surface area contributed by atoms with Gasteiger partial charge >= 0.3 is 0 Å². The molecule has 0 atom stereocenters. The second-order valence-electron chi connectivity index (χ2n) is 3.95. The van der Waals surface area contributed by atoms with Crippen molar-refractivity contribution >= 4 is 23.5 Å². The topological polar surface area (TPSA) is 57.5 Å². The molecule has 3 nitrogen and oxygen atoms in total. The minimum absolute atomic E-state index is 0.252. The van der Waals surface area contributed by atoms with Gasteiger partial charge in [0.25, 0.3) is 0 Å². The fourth-order valence-corrected chi connectivity index (χ4v) is 1.64. The van der Waals surface area contributed by atoms with Crippen LogP contribution in [-0.4, -0.2) is 16.0 Å². The standard InChI is InChI=1S/C15H11ClO3/c16-12-5-1-10(2-6-12)3-7-13(17)11-4-8-14(18)15(19)9-11/h1-9,18-19H/b7-3+. The molecule has 0 spiro atoms. The largest absolute Gasteiger partial charge is 0.504 e. The van der Waals surface area contributed by atoms with Gasteiger partial charge in [0.2, 0.25) is 0 Å². The van der Waals surface area contributed by atoms with E-state index in [0.29, 0.717) is 10.6 Å². The molecule has 0 aliphatic heterocycles. The summed E-state index contributed by atoms with van der Waals surface area (Å²) in [5, 5.41) is 19.1. The molecule has 19 heavy (non-hydrogen) atoms. The third kappa shape index (κ3) is 3.36. The van der Waals surface area contributed by atoms with Crippen LogP contribution in [0.15, 0.2) is 48.5 Å². The van der Waals surface area contributed by atoms with Crippen molar-refractivity contribution in [3.63, 3.8) is 0 Å². The van der Waals surface area contributed by atoms with Crippen molar-refractivity contribution in [2.24, 2.45) is 0 Å². The predicted octanol–water partition coefficient (Wildman–Crippen LogP) is 3.65. The predicted molar refractivity (Wildman–Crippen MR) is 74.6 cm³/mol. The number of phenolic OH excluding ortho intramolecular Hbond substituents is 2. The third-order valence-electron chi connectivity index (χ3n) is 2.56. The first-order chi connectivity index (χ1) is 9.06. The number of phenols is 2. The number of allylic oxidation sites excluding steroid dienone is 1. The first kappa shape index (κ1) is 13.2. The molecule has 4 heteroatoms. The summed E-state index contributed by atoms with van der Waals surface area (Å²) in [6.45, 7) is 0. The molecule has 0 aliphatic rings. The zero-order valence-corrected chi connectivity index (χ0v) is 10.6. The second-order valence-corrected chi connectivity index (χ2v) is 4.39. The maximum Gasteiger partial charge on any atom is 0.185 e. The van der Waals surface area contributed by atoms with Crippen molar-refractivity contribution in [1.29, 1.82) is 0 Å². The lowest BCUT2D eigenvalue weighted by Crippen LogP contribution is -1.93. The van der Waals surface area contributed by atoms with Gasteiger partial charge in [0.05, 0.1) is 0 Å². The number of halogens is 1. The van der Waals surface area contributed by atoms with Crippen LogP contribution < -0.4 is 0 Å². The Bertz CT molecular complexity index is 630. The molecule has 96 valence electrons. The van der Waals surface area contributed by atoms with Crippen molar-refractivity contribution < 1.29 is 15.0 Å². The van der Waals surface area contributed by atoms with Gasteiger partial charge in [0, 0.05) is 10.6 Å². The van der Waals surface area contributed by atoms with E-state index in [4.69, 9.17) is 16.7 Å². The monoisotopic (exact) mass is 274 g/mol. The normalized spacial score (nSPS) is 10.8. The van der Waals surface area contributed by atoms with Crippen LogP contribution in [0.3, 0.4) is 0 Å². The molecule has 0 unspecified atom stereocenters. The molecule has 0 aliphatic carbocycles. The van der Waals surface area contributed by atoms with Crippen LogP contribution >= 0.6 is 11.6 Å². The second kappa shape index (κ2) is 5.59. The number of rotatable bonds is 3. The summed E-state index contributed by atoms with van der Waals surface area (Å²) < 4.78 is 0. The molecule has 2 N–H and O–H groups in total. The quantitative estimate of drug-likeness (QED) is 0.510. The number of aromatic hydroxyl groups is 2. The summed E-state index contributed by atoms with van der Waals surface area (Å²) in [5.74, 6) is -0.825. The zero-order chi connectivity index (χ0) is 13.8. The van der Waals surface area contributed by atoms with Crippen LogP contribution in [0.4, 0.5) is 0 Å². The Morgan fingerprint density at radius 2 is 1.68 bits per heavy atom. The van der Waals surface area contributed by atoms with Crippen molar-refractivity contribution in [3.05, 3.63) is 64.7 Å². The minimum atomic E-state index is -0.314. The molecule has 2 rings (SSSR count). The average Bonchev–Trinajstić information content (AvgIpc) is 2.41. The molecule has 2 aromatic carbocycles. The van der Waals surface area contributed by atoms with Crippen molar-refractivity contribution in [2.75, 3.05) is 0 Å². The van der Waals surface area contributed by atoms with Crippen LogP contribution in [0.2, 0.25) is 5.02 Å². The van der Waals surface area contributed by atoms with Crippen LogP contribution in [0.1, 0.15) is 15.9 Å². The molecule has 0 heterocycles. The van der Waals surface area contributed by atoms with Crippen molar-refractivity contribution in [2.45, 2.75) is 0 Å². The molecule has 0 radical (unpaired) electrons. The van der Waals surface area contributed by atoms with E-state index in [0.717, 1.165) is 5.56 Å². The van der Waals surface area contributed by atoms with Gasteiger partial charge in [-0.3, -0.25) is 4.79 Å². The molecule has 0 bridgehead atoms. The molecule has 2 aromatic rings. The lowest BCUT2D eigenvalue weighted by atomic mass is 10.1. The maximum atomic E-state index is 11.8. The van der Waals surface area contributed by atoms with Crippen molar-refractivity contribution in [1.82, 2.24) is 0 Å². The highest BCUT2D eigenvalue weighted by Crippen LogP contribution is 2.25. The number of ketones is 1. The van der Waals surface area contributed by atoms with Gasteiger partial charge in [-0.1, -0.05) is 29.8 Å². The van der Waals surface area contributed by atoms with E-state index in [9.17, 15) is 9.90 Å². The van der Waals surface area contributed by atoms with Crippen LogP contribution in [0.5, 0.6) is 11.5 Å². The summed E-state index contributed by atoms with van der Waals surface area (Å²) in [5.41, 5.74) is 1.15. The molecule has 0 fully saturated rings. The molecule has 0 saturated carbocycles. The number of benzene rings is 2. The maximum absolute atomic E-state index is 11.8. The van der Waals surface area contributed by atoms with E-state index in [1.54, 1.807) is 30.3 Å². The van der Waals surface area contributed by atoms with E-state index >= 15 is 0 Å². The fraction of sp³-hybridized carbons (Fsp3) is 0. The molecule has 0 saturated heterocycles. The number of hydrogen-bond donors (Lipinski definition) is 2. The summed E-state index contributed by atoms with van der Waals surface area (Å²) in [6, 6.07) is 11.0. The van der Waals surface area contributed by atoms with Gasteiger partial charge < -0.3 is 10.2 Å². The van der Waals surface area contributed by atoms with Gasteiger partial charge in [-0.25, -0.2) is 0 Å². The van der Waals surface area contributed by atoms with E-state index in [2.05, 4.69) is 0 Å². The minimum Gasteiger partial charge on any atom is -0.504 e. The van der Waals surface area contributed by atoms with Gasteiger partial charge in [-0.05, 0) is 42.0 Å². The molecular weight excluding hydrogens is 264 g/mol. The van der Waals surface area contributed by atoms with E-state index in [1.165, 1.54) is 24.3 Å². The third-order valence-corrected chi connectivity index (χ3v) is 2.81. The highest BCUT2D eigenvalue weighted by molar-refractivity contribution is 6.30. The number of carbonyl (C=O) groups is 1. The Balaban J connectivity index is 2.16. The SMILES string of the molecule is O=C(/C=C/c1ccc(Cl)cc1)c1ccc(O)c(O)c1. The summed E-state index contributed by atoms with van der Waals surface area (Å²) >= 11 is 5.76. The highest BCUT2D eigenvalue weighted by Gasteiger charge is 2.05. The number of hydrogen-bond acceptors (Lipinski definition) is 3. The molecule has 0 aromatic heterocycles. The fourth-order valence-electron chi connectivity index (χ4n) is 1.52. The van der Waals surface area contributed by atoms with Gasteiger partial charge in [-0.15, -0.1) is 0 Å². The number of carbonyl (C=O) groups excluding carboxylic acids is 1. The van der Waals surface area contributed by atoms with E-state index in [1.807, 2.05) is 0 Å². The summed E-state index contributed by atoms with van der Waals surface area (Å²) in [7, 11) is 0. The van der Waals surface area contributed by atoms with E-state index < -0.39 is 0 Å². The Hall–Kier alpha value is -2.26. The van der Waals surface area contributed by atoms with Crippen LogP contribution in [0, 0.1) is 0 Å². The average molecular weight is 275 g/mol.